The van der Waals surface area contributed by atoms with Crippen LogP contribution in [0.2, 0.25) is 5.02 Å². The quantitative estimate of drug-likeness (QED) is 0.877. The molecule has 1 amide bonds. The molecule has 1 unspecified atom stereocenters. The first-order valence-electron chi connectivity index (χ1n) is 8.66. The van der Waals surface area contributed by atoms with Crippen molar-refractivity contribution in [1.29, 1.82) is 0 Å². The van der Waals surface area contributed by atoms with E-state index in [9.17, 15) is 14.7 Å². The minimum absolute atomic E-state index is 0.0367. The first-order chi connectivity index (χ1) is 12.0. The van der Waals surface area contributed by atoms with Gasteiger partial charge in [0.25, 0.3) is 5.56 Å². The van der Waals surface area contributed by atoms with Crippen LogP contribution < -0.4 is 10.5 Å². The standard InChI is InChI=1S/C16H23ClN4O4/c1-2-11-10-19(16(23)24)6-7-20(11)12-9-18-21(15(22)14(12)17)13-5-3-4-8-25-13/h9,11,13H,2-8,10H2,1H3,(H,23,24)/t11-,13?/m1/s1. The number of hydrogen-bond acceptors (Lipinski definition) is 5. The summed E-state index contributed by atoms with van der Waals surface area (Å²) < 4.78 is 6.94. The third-order valence-corrected chi connectivity index (χ3v) is 5.24. The van der Waals surface area contributed by atoms with E-state index in [1.54, 1.807) is 6.20 Å². The van der Waals surface area contributed by atoms with Gasteiger partial charge in [0.1, 0.15) is 5.02 Å². The molecule has 2 saturated heterocycles. The zero-order chi connectivity index (χ0) is 18.0. The number of rotatable bonds is 3. The van der Waals surface area contributed by atoms with Crippen molar-refractivity contribution >= 4 is 23.4 Å². The van der Waals surface area contributed by atoms with Crippen molar-refractivity contribution in [1.82, 2.24) is 14.7 Å². The summed E-state index contributed by atoms with van der Waals surface area (Å²) >= 11 is 6.37. The van der Waals surface area contributed by atoms with Crippen LogP contribution >= 0.6 is 11.6 Å². The maximum atomic E-state index is 12.7. The van der Waals surface area contributed by atoms with E-state index >= 15 is 0 Å². The van der Waals surface area contributed by atoms with Gasteiger partial charge >= 0.3 is 6.09 Å². The van der Waals surface area contributed by atoms with Crippen LogP contribution in [0.1, 0.15) is 38.8 Å². The summed E-state index contributed by atoms with van der Waals surface area (Å²) in [6.45, 7) is 3.85. The fourth-order valence-corrected chi connectivity index (χ4v) is 3.70. The summed E-state index contributed by atoms with van der Waals surface area (Å²) in [5.41, 5.74) is 0.206. The number of anilines is 1. The second-order valence-electron chi connectivity index (χ2n) is 6.40. The molecule has 3 heterocycles. The van der Waals surface area contributed by atoms with Gasteiger partial charge in [-0.25, -0.2) is 4.79 Å². The van der Waals surface area contributed by atoms with Crippen LogP contribution in [0.4, 0.5) is 10.5 Å². The highest BCUT2D eigenvalue weighted by atomic mass is 35.5. The fraction of sp³-hybridized carbons (Fsp3) is 0.688. The molecule has 2 aliphatic rings. The first-order valence-corrected chi connectivity index (χ1v) is 9.04. The molecule has 0 spiro atoms. The third-order valence-electron chi connectivity index (χ3n) is 4.89. The van der Waals surface area contributed by atoms with E-state index in [4.69, 9.17) is 16.3 Å². The molecule has 8 nitrogen and oxygen atoms in total. The summed E-state index contributed by atoms with van der Waals surface area (Å²) in [7, 11) is 0. The summed E-state index contributed by atoms with van der Waals surface area (Å²) in [4.78, 5) is 27.2. The van der Waals surface area contributed by atoms with E-state index in [2.05, 4.69) is 5.10 Å². The Balaban J connectivity index is 1.86. The lowest BCUT2D eigenvalue weighted by atomic mass is 10.1. The van der Waals surface area contributed by atoms with Crippen molar-refractivity contribution < 1.29 is 14.6 Å². The molecule has 0 bridgehead atoms. The van der Waals surface area contributed by atoms with Gasteiger partial charge in [-0.1, -0.05) is 18.5 Å². The largest absolute Gasteiger partial charge is 0.465 e. The zero-order valence-electron chi connectivity index (χ0n) is 14.2. The number of carboxylic acid groups (broad SMARTS) is 1. The molecule has 0 saturated carbocycles. The Labute approximate surface area is 150 Å². The highest BCUT2D eigenvalue weighted by molar-refractivity contribution is 6.33. The van der Waals surface area contributed by atoms with Crippen LogP contribution in [-0.4, -0.2) is 58.2 Å². The molecule has 25 heavy (non-hydrogen) atoms. The Morgan fingerprint density at radius 2 is 2.24 bits per heavy atom. The third kappa shape index (κ3) is 3.59. The lowest BCUT2D eigenvalue weighted by Gasteiger charge is -2.41. The minimum Gasteiger partial charge on any atom is -0.465 e. The van der Waals surface area contributed by atoms with Gasteiger partial charge in [0.2, 0.25) is 0 Å². The number of amides is 1. The molecule has 1 aromatic heterocycles. The number of halogens is 1. The van der Waals surface area contributed by atoms with Crippen molar-refractivity contribution in [2.45, 2.75) is 44.9 Å². The van der Waals surface area contributed by atoms with Gasteiger partial charge in [0.15, 0.2) is 6.23 Å². The fourth-order valence-electron chi connectivity index (χ4n) is 3.45. The van der Waals surface area contributed by atoms with Crippen molar-refractivity contribution in [3.63, 3.8) is 0 Å². The molecule has 2 fully saturated rings. The van der Waals surface area contributed by atoms with E-state index in [0.29, 0.717) is 31.9 Å². The van der Waals surface area contributed by atoms with Gasteiger partial charge < -0.3 is 19.6 Å². The van der Waals surface area contributed by atoms with Gasteiger partial charge in [-0.05, 0) is 25.7 Å². The molecule has 9 heteroatoms. The van der Waals surface area contributed by atoms with E-state index in [-0.39, 0.29) is 22.9 Å². The van der Waals surface area contributed by atoms with E-state index < -0.39 is 6.09 Å². The molecule has 0 radical (unpaired) electrons. The van der Waals surface area contributed by atoms with Crippen molar-refractivity contribution in [3.8, 4) is 0 Å². The monoisotopic (exact) mass is 370 g/mol. The summed E-state index contributed by atoms with van der Waals surface area (Å²) in [6.07, 6.45) is 3.79. The van der Waals surface area contributed by atoms with Gasteiger partial charge in [-0.2, -0.15) is 9.78 Å². The second kappa shape index (κ2) is 7.61. The van der Waals surface area contributed by atoms with Gasteiger partial charge in [-0.15, -0.1) is 0 Å². The molecule has 138 valence electrons. The van der Waals surface area contributed by atoms with Gasteiger partial charge in [0.05, 0.1) is 11.9 Å². The summed E-state index contributed by atoms with van der Waals surface area (Å²) in [6, 6.07) is -0.0367. The highest BCUT2D eigenvalue weighted by Crippen LogP contribution is 2.28. The molecule has 0 aliphatic carbocycles. The van der Waals surface area contributed by atoms with Crippen LogP contribution in [0.25, 0.3) is 0 Å². The van der Waals surface area contributed by atoms with Crippen LogP contribution in [-0.2, 0) is 4.74 Å². The summed E-state index contributed by atoms with van der Waals surface area (Å²) in [5.74, 6) is 0. The smallest absolute Gasteiger partial charge is 0.407 e. The number of ether oxygens (including phenoxy) is 1. The van der Waals surface area contributed by atoms with Crippen LogP contribution in [0, 0.1) is 0 Å². The Bertz CT molecular complexity index is 689. The van der Waals surface area contributed by atoms with Crippen LogP contribution in [0.5, 0.6) is 0 Å². The maximum Gasteiger partial charge on any atom is 0.407 e. The summed E-state index contributed by atoms with van der Waals surface area (Å²) in [5, 5.41) is 13.6. The number of nitrogens with zero attached hydrogens (tertiary/aromatic N) is 4. The van der Waals surface area contributed by atoms with Crippen LogP contribution in [0.15, 0.2) is 11.0 Å². The first kappa shape index (κ1) is 18.0. The average molecular weight is 371 g/mol. The molecule has 2 aliphatic heterocycles. The lowest BCUT2D eigenvalue weighted by Crippen LogP contribution is -2.54. The lowest BCUT2D eigenvalue weighted by molar-refractivity contribution is -0.0424. The molecule has 1 aromatic rings. The molecular weight excluding hydrogens is 348 g/mol. The molecular formula is C16H23ClN4O4. The normalized spacial score (nSPS) is 24.4. The van der Waals surface area contributed by atoms with E-state index in [1.807, 2.05) is 11.8 Å². The number of aromatic nitrogens is 2. The molecule has 1 N–H and O–H groups in total. The van der Waals surface area contributed by atoms with Crippen molar-refractivity contribution in [2.75, 3.05) is 31.1 Å². The van der Waals surface area contributed by atoms with Crippen LogP contribution in [0.3, 0.4) is 0 Å². The van der Waals surface area contributed by atoms with Crippen molar-refractivity contribution in [3.05, 3.63) is 21.6 Å². The Morgan fingerprint density at radius 1 is 1.44 bits per heavy atom. The number of piperazine rings is 1. The molecule has 0 aromatic carbocycles. The predicted octanol–water partition coefficient (Wildman–Crippen LogP) is 2.17. The average Bonchev–Trinajstić information content (AvgIpc) is 2.64. The maximum absolute atomic E-state index is 12.7. The molecule has 2 atom stereocenters. The van der Waals surface area contributed by atoms with Gasteiger partial charge in [-0.3, -0.25) is 4.79 Å². The minimum atomic E-state index is -0.924. The second-order valence-corrected chi connectivity index (χ2v) is 6.78. The Kier molecular flexibility index (Phi) is 5.48. The Hall–Kier alpha value is -1.80. The van der Waals surface area contributed by atoms with E-state index in [0.717, 1.165) is 25.7 Å². The topological polar surface area (TPSA) is 87.9 Å². The predicted molar refractivity (Wildman–Crippen MR) is 93.4 cm³/mol. The van der Waals surface area contributed by atoms with Crippen molar-refractivity contribution in [2.24, 2.45) is 0 Å². The number of carbonyl (C=O) groups is 1. The SMILES string of the molecule is CC[C@@H]1CN(C(=O)O)CCN1c1cnn(C2CCCCO2)c(=O)c1Cl. The van der Waals surface area contributed by atoms with Gasteiger partial charge in [0, 0.05) is 32.3 Å². The zero-order valence-corrected chi connectivity index (χ0v) is 15.0. The number of hydrogen-bond donors (Lipinski definition) is 1. The highest BCUT2D eigenvalue weighted by Gasteiger charge is 2.31. The molecule has 3 rings (SSSR count). The van der Waals surface area contributed by atoms with E-state index in [1.165, 1.54) is 9.58 Å². The Morgan fingerprint density at radius 3 is 2.88 bits per heavy atom.